The molecule has 0 amide bonds. The maximum Gasteiger partial charge on any atom is 0.181 e. The number of hydrogen-bond donors (Lipinski definition) is 0. The average molecular weight is 132 g/mol. The predicted octanol–water partition coefficient (Wildman–Crippen LogP) is 0.974. The van der Waals surface area contributed by atoms with Crippen molar-refractivity contribution >= 4 is 11.1 Å². The van der Waals surface area contributed by atoms with Crippen molar-refractivity contribution < 1.29 is 8.39 Å². The van der Waals surface area contributed by atoms with E-state index >= 15 is 0 Å². The van der Waals surface area contributed by atoms with Gasteiger partial charge in [0.2, 0.25) is 0 Å². The van der Waals surface area contributed by atoms with Gasteiger partial charge in [-0.3, -0.25) is 4.18 Å². The molecule has 0 spiro atoms. The van der Waals surface area contributed by atoms with Gasteiger partial charge in [0.15, 0.2) is 11.1 Å². The molecule has 0 bridgehead atoms. The van der Waals surface area contributed by atoms with Gasteiger partial charge >= 0.3 is 0 Å². The van der Waals surface area contributed by atoms with Crippen LogP contribution in [0.1, 0.15) is 13.3 Å². The van der Waals surface area contributed by atoms with Crippen molar-refractivity contribution in [1.82, 2.24) is 0 Å². The topological polar surface area (TPSA) is 26.3 Å². The van der Waals surface area contributed by atoms with E-state index < -0.39 is 11.1 Å². The highest BCUT2D eigenvalue weighted by Crippen LogP contribution is 2.11. The highest BCUT2D eigenvalue weighted by atomic mass is 32.2. The summed E-state index contributed by atoms with van der Waals surface area (Å²) in [4.78, 5) is 0. The summed E-state index contributed by atoms with van der Waals surface area (Å²) in [5.41, 5.74) is 1.14. The first kappa shape index (κ1) is 5.98. The van der Waals surface area contributed by atoms with Gasteiger partial charge in [-0.1, -0.05) is 6.92 Å². The largest absolute Gasteiger partial charge is 0.283 e. The van der Waals surface area contributed by atoms with Gasteiger partial charge in [-0.05, 0) is 12.0 Å². The second-order valence-corrected chi connectivity index (χ2v) is 2.64. The molecule has 46 valence electrons. The molecule has 0 saturated carbocycles. The van der Waals surface area contributed by atoms with Crippen LogP contribution in [-0.4, -0.2) is 10.8 Å². The van der Waals surface area contributed by atoms with E-state index in [0.717, 1.165) is 12.0 Å². The summed E-state index contributed by atoms with van der Waals surface area (Å²) in [6.07, 6.45) is 0.950. The third-order valence-corrected chi connectivity index (χ3v) is 1.95. The Morgan fingerprint density at radius 3 is 3.00 bits per heavy atom. The van der Waals surface area contributed by atoms with Gasteiger partial charge < -0.3 is 0 Å². The zero-order valence-electron chi connectivity index (χ0n) is 4.72. The highest BCUT2D eigenvalue weighted by molar-refractivity contribution is 7.83. The SMILES string of the molecule is CCC1=CS(=O)OC1. The maximum atomic E-state index is 10.4. The van der Waals surface area contributed by atoms with Crippen LogP contribution in [0.3, 0.4) is 0 Å². The molecule has 1 aliphatic rings. The average Bonchev–Trinajstić information content (AvgIpc) is 2.14. The van der Waals surface area contributed by atoms with E-state index in [1.54, 1.807) is 5.41 Å². The normalized spacial score (nSPS) is 28.1. The standard InChI is InChI=1S/C5H8O2S/c1-2-5-3-7-8(6)4-5/h4H,2-3H2,1H3. The molecule has 1 atom stereocenters. The van der Waals surface area contributed by atoms with Crippen molar-refractivity contribution in [3.63, 3.8) is 0 Å². The fraction of sp³-hybridized carbons (Fsp3) is 0.600. The van der Waals surface area contributed by atoms with Gasteiger partial charge in [0, 0.05) is 5.41 Å². The Labute approximate surface area is 51.2 Å². The summed E-state index contributed by atoms with van der Waals surface area (Å²) < 4.78 is 15.2. The molecule has 2 nitrogen and oxygen atoms in total. The van der Waals surface area contributed by atoms with Crippen molar-refractivity contribution in [1.29, 1.82) is 0 Å². The van der Waals surface area contributed by atoms with Crippen LogP contribution in [0.15, 0.2) is 11.0 Å². The first-order valence-corrected chi connectivity index (χ1v) is 3.70. The van der Waals surface area contributed by atoms with Crippen molar-refractivity contribution in [3.05, 3.63) is 11.0 Å². The zero-order valence-corrected chi connectivity index (χ0v) is 5.53. The summed E-state index contributed by atoms with van der Waals surface area (Å²) in [6.45, 7) is 2.58. The van der Waals surface area contributed by atoms with Crippen LogP contribution >= 0.6 is 0 Å². The summed E-state index contributed by atoms with van der Waals surface area (Å²) in [5.74, 6) is 0. The molecule has 1 heterocycles. The third-order valence-electron chi connectivity index (χ3n) is 1.08. The van der Waals surface area contributed by atoms with Gasteiger partial charge in [-0.2, -0.15) is 0 Å². The molecule has 0 radical (unpaired) electrons. The lowest BCUT2D eigenvalue weighted by molar-refractivity contribution is 0.397. The Kier molecular flexibility index (Phi) is 1.81. The Balaban J connectivity index is 2.57. The molecule has 1 rings (SSSR count). The molecular formula is C5H8O2S. The quantitative estimate of drug-likeness (QED) is 0.531. The molecular weight excluding hydrogens is 124 g/mol. The lowest BCUT2D eigenvalue weighted by Crippen LogP contribution is -1.85. The Morgan fingerprint density at radius 2 is 2.75 bits per heavy atom. The van der Waals surface area contributed by atoms with E-state index in [0.29, 0.717) is 6.61 Å². The smallest absolute Gasteiger partial charge is 0.181 e. The van der Waals surface area contributed by atoms with Crippen LogP contribution in [0, 0.1) is 0 Å². The molecule has 3 heteroatoms. The molecule has 1 unspecified atom stereocenters. The Hall–Kier alpha value is -0.150. The van der Waals surface area contributed by atoms with E-state index in [2.05, 4.69) is 0 Å². The van der Waals surface area contributed by atoms with Crippen LogP contribution in [0.5, 0.6) is 0 Å². The Morgan fingerprint density at radius 1 is 2.00 bits per heavy atom. The molecule has 0 fully saturated rings. The Bertz CT molecular complexity index is 139. The second kappa shape index (κ2) is 2.42. The zero-order chi connectivity index (χ0) is 5.98. The van der Waals surface area contributed by atoms with Gasteiger partial charge in [-0.15, -0.1) is 0 Å². The molecule has 0 aliphatic carbocycles. The van der Waals surface area contributed by atoms with Crippen LogP contribution in [0.4, 0.5) is 0 Å². The monoisotopic (exact) mass is 132 g/mol. The van der Waals surface area contributed by atoms with Crippen molar-refractivity contribution in [2.45, 2.75) is 13.3 Å². The van der Waals surface area contributed by atoms with Gasteiger partial charge in [0.25, 0.3) is 0 Å². The minimum atomic E-state index is -1.11. The first-order chi connectivity index (χ1) is 3.83. The van der Waals surface area contributed by atoms with Crippen molar-refractivity contribution in [2.24, 2.45) is 0 Å². The minimum absolute atomic E-state index is 0.559. The fourth-order valence-electron chi connectivity index (χ4n) is 0.523. The van der Waals surface area contributed by atoms with Crippen LogP contribution < -0.4 is 0 Å². The molecule has 0 N–H and O–H groups in total. The van der Waals surface area contributed by atoms with E-state index in [-0.39, 0.29) is 0 Å². The lowest BCUT2D eigenvalue weighted by atomic mass is 10.3. The van der Waals surface area contributed by atoms with E-state index in [1.165, 1.54) is 0 Å². The molecule has 0 aromatic heterocycles. The van der Waals surface area contributed by atoms with Crippen molar-refractivity contribution in [2.75, 3.05) is 6.61 Å². The lowest BCUT2D eigenvalue weighted by Gasteiger charge is -1.87. The molecule has 8 heavy (non-hydrogen) atoms. The molecule has 0 saturated heterocycles. The van der Waals surface area contributed by atoms with Crippen LogP contribution in [0.2, 0.25) is 0 Å². The first-order valence-electron chi connectivity index (χ1n) is 2.56. The van der Waals surface area contributed by atoms with E-state index in [1.807, 2.05) is 6.92 Å². The van der Waals surface area contributed by atoms with Gasteiger partial charge in [0.05, 0.1) is 6.61 Å². The number of hydrogen-bond acceptors (Lipinski definition) is 2. The minimum Gasteiger partial charge on any atom is -0.283 e. The van der Waals surface area contributed by atoms with Crippen molar-refractivity contribution in [3.8, 4) is 0 Å². The van der Waals surface area contributed by atoms with Crippen LogP contribution in [-0.2, 0) is 15.3 Å². The second-order valence-electron chi connectivity index (χ2n) is 1.65. The summed E-state index contributed by atoms with van der Waals surface area (Å²) in [5, 5.41) is 1.67. The summed E-state index contributed by atoms with van der Waals surface area (Å²) in [7, 11) is 0. The van der Waals surface area contributed by atoms with E-state index in [4.69, 9.17) is 4.18 Å². The molecule has 0 aromatic carbocycles. The van der Waals surface area contributed by atoms with E-state index in [9.17, 15) is 4.21 Å². The predicted molar refractivity (Wildman–Crippen MR) is 32.5 cm³/mol. The highest BCUT2D eigenvalue weighted by Gasteiger charge is 2.07. The van der Waals surface area contributed by atoms with Gasteiger partial charge in [0.1, 0.15) is 0 Å². The summed E-state index contributed by atoms with van der Waals surface area (Å²) in [6, 6.07) is 0. The molecule has 1 aliphatic heterocycles. The third kappa shape index (κ3) is 1.17. The fourth-order valence-corrected chi connectivity index (χ4v) is 1.37. The van der Waals surface area contributed by atoms with Gasteiger partial charge in [-0.25, -0.2) is 4.21 Å². The summed E-state index contributed by atoms with van der Waals surface area (Å²) >= 11 is -1.11. The number of rotatable bonds is 1. The maximum absolute atomic E-state index is 10.4. The molecule has 0 aromatic rings. The van der Waals surface area contributed by atoms with Crippen LogP contribution in [0.25, 0.3) is 0 Å².